The smallest absolute Gasteiger partial charge is 0.368 e. The Balaban J connectivity index is 0.00000616. The van der Waals surface area contributed by atoms with E-state index in [0.29, 0.717) is 18.0 Å². The zero-order valence-electron chi connectivity index (χ0n) is 23.4. The second-order valence-corrected chi connectivity index (χ2v) is 10.5. The first-order chi connectivity index (χ1) is 19.3. The van der Waals surface area contributed by atoms with E-state index in [1.165, 1.54) is 36.7 Å². The molecule has 1 fully saturated rings. The number of carbonyl (C=O) groups is 2. The Morgan fingerprint density at radius 1 is 1.21 bits per heavy atom. The lowest BCUT2D eigenvalue weighted by Gasteiger charge is -2.32. The SMILES string of the molecule is C.CSc1nc(N)nc(N(C)[C@@H](C)C(=O)Nc2cc(C(=O)NCCCN3CCN(C)CC3)cc(C(F)(F)F)c2)c1C#N. The van der Waals surface area contributed by atoms with Crippen LogP contribution in [0.15, 0.2) is 23.2 Å². The minimum absolute atomic E-state index is 0. The molecule has 2 heterocycles. The highest BCUT2D eigenvalue weighted by molar-refractivity contribution is 7.98. The van der Waals surface area contributed by atoms with Crippen molar-refractivity contribution in [2.45, 2.75) is 38.0 Å². The number of rotatable bonds is 10. The van der Waals surface area contributed by atoms with E-state index in [4.69, 9.17) is 5.73 Å². The molecule has 0 saturated carbocycles. The molecule has 3 rings (SSSR count). The van der Waals surface area contributed by atoms with Gasteiger partial charge in [-0.25, -0.2) is 4.98 Å². The number of thioether (sulfide) groups is 1. The van der Waals surface area contributed by atoms with Crippen LogP contribution in [0.2, 0.25) is 0 Å². The van der Waals surface area contributed by atoms with Crippen molar-refractivity contribution < 1.29 is 22.8 Å². The van der Waals surface area contributed by atoms with Gasteiger partial charge in [0, 0.05) is 51.0 Å². The maximum atomic E-state index is 13.7. The quantitative estimate of drug-likeness (QED) is 0.209. The van der Waals surface area contributed by atoms with E-state index in [1.54, 1.807) is 6.26 Å². The van der Waals surface area contributed by atoms with Crippen LogP contribution in [-0.4, -0.2) is 97.2 Å². The molecule has 1 aliphatic heterocycles. The van der Waals surface area contributed by atoms with E-state index < -0.39 is 29.6 Å². The van der Waals surface area contributed by atoms with Crippen molar-refractivity contribution in [3.63, 3.8) is 0 Å². The summed E-state index contributed by atoms with van der Waals surface area (Å²) in [5, 5.41) is 15.1. The maximum Gasteiger partial charge on any atom is 0.416 e. The fourth-order valence-corrected chi connectivity index (χ4v) is 4.75. The molecule has 0 spiro atoms. The second kappa shape index (κ2) is 15.0. The number of alkyl halides is 3. The molecule has 0 radical (unpaired) electrons. The fraction of sp³-hybridized carbons (Fsp3) is 0.519. The number of carbonyl (C=O) groups excluding carboxylic acids is 2. The first-order valence-electron chi connectivity index (χ1n) is 12.9. The largest absolute Gasteiger partial charge is 0.416 e. The third-order valence-corrected chi connectivity index (χ3v) is 7.48. The fourth-order valence-electron chi connectivity index (χ4n) is 4.22. The van der Waals surface area contributed by atoms with E-state index in [-0.39, 0.29) is 36.0 Å². The number of halogens is 3. The molecule has 11 nitrogen and oxygen atoms in total. The number of likely N-dealkylation sites (N-methyl/N-ethyl adjacent to an activating group) is 2. The maximum absolute atomic E-state index is 13.7. The Labute approximate surface area is 248 Å². The number of nitriles is 1. The lowest BCUT2D eigenvalue weighted by atomic mass is 10.1. The molecular weight excluding hydrogens is 571 g/mol. The van der Waals surface area contributed by atoms with Gasteiger partial charge in [-0.1, -0.05) is 7.43 Å². The number of benzene rings is 1. The minimum atomic E-state index is -4.74. The van der Waals surface area contributed by atoms with E-state index in [2.05, 4.69) is 37.4 Å². The average Bonchev–Trinajstić information content (AvgIpc) is 2.94. The number of nitrogens with zero attached hydrogens (tertiary/aromatic N) is 6. The van der Waals surface area contributed by atoms with Gasteiger partial charge in [-0.05, 0) is 51.4 Å². The van der Waals surface area contributed by atoms with Crippen LogP contribution in [0.4, 0.5) is 30.6 Å². The van der Waals surface area contributed by atoms with Crippen LogP contribution < -0.4 is 21.3 Å². The van der Waals surface area contributed by atoms with Crippen molar-refractivity contribution in [3.8, 4) is 6.07 Å². The van der Waals surface area contributed by atoms with Gasteiger partial charge in [0.25, 0.3) is 5.91 Å². The van der Waals surface area contributed by atoms with Crippen molar-refractivity contribution in [1.82, 2.24) is 25.1 Å². The van der Waals surface area contributed by atoms with Crippen LogP contribution in [-0.2, 0) is 11.0 Å². The summed E-state index contributed by atoms with van der Waals surface area (Å²) in [6.07, 6.45) is -2.39. The number of amides is 2. The molecule has 1 aromatic heterocycles. The van der Waals surface area contributed by atoms with Gasteiger partial charge < -0.3 is 31.1 Å². The third kappa shape index (κ3) is 8.94. The van der Waals surface area contributed by atoms with Gasteiger partial charge in [-0.15, -0.1) is 11.8 Å². The highest BCUT2D eigenvalue weighted by atomic mass is 32.2. The average molecular weight is 610 g/mol. The molecule has 0 unspecified atom stereocenters. The molecule has 2 amide bonds. The summed E-state index contributed by atoms with van der Waals surface area (Å²) < 4.78 is 41.0. The lowest BCUT2D eigenvalue weighted by Crippen LogP contribution is -2.45. The number of aromatic nitrogens is 2. The normalized spacial score (nSPS) is 14.8. The number of hydrogen-bond donors (Lipinski definition) is 3. The molecule has 15 heteroatoms. The second-order valence-electron chi connectivity index (χ2n) is 9.73. The number of piperazine rings is 1. The van der Waals surface area contributed by atoms with Gasteiger partial charge in [0.15, 0.2) is 5.82 Å². The number of nitrogen functional groups attached to an aromatic ring is 1. The Morgan fingerprint density at radius 2 is 1.88 bits per heavy atom. The summed E-state index contributed by atoms with van der Waals surface area (Å²) in [5.74, 6) is -1.35. The molecule has 1 atom stereocenters. The highest BCUT2D eigenvalue weighted by Crippen LogP contribution is 2.32. The van der Waals surface area contributed by atoms with Gasteiger partial charge in [-0.3, -0.25) is 9.59 Å². The first kappa shape index (κ1) is 34.6. The van der Waals surface area contributed by atoms with Crippen LogP contribution in [0.3, 0.4) is 0 Å². The van der Waals surface area contributed by atoms with Gasteiger partial charge >= 0.3 is 6.18 Å². The molecule has 0 aliphatic carbocycles. The summed E-state index contributed by atoms with van der Waals surface area (Å²) in [5.41, 5.74) is 4.38. The molecule has 230 valence electrons. The van der Waals surface area contributed by atoms with Gasteiger partial charge in [0.05, 0.1) is 5.56 Å². The van der Waals surface area contributed by atoms with Crippen molar-refractivity contribution in [1.29, 1.82) is 5.26 Å². The molecule has 1 aliphatic rings. The molecule has 42 heavy (non-hydrogen) atoms. The summed E-state index contributed by atoms with van der Waals surface area (Å²) in [6, 6.07) is 3.75. The van der Waals surface area contributed by atoms with E-state index in [0.717, 1.165) is 44.9 Å². The summed E-state index contributed by atoms with van der Waals surface area (Å²) in [7, 11) is 3.56. The number of anilines is 3. The Kier molecular flexibility index (Phi) is 12.4. The molecular formula is C27H38F3N9O2S. The van der Waals surface area contributed by atoms with Crippen LogP contribution in [0.25, 0.3) is 0 Å². The molecule has 1 saturated heterocycles. The Hall–Kier alpha value is -3.61. The van der Waals surface area contributed by atoms with Gasteiger partial charge in [-0.2, -0.15) is 23.4 Å². The zero-order valence-corrected chi connectivity index (χ0v) is 24.2. The first-order valence-corrected chi connectivity index (χ1v) is 14.1. The predicted molar refractivity (Wildman–Crippen MR) is 158 cm³/mol. The molecule has 0 bridgehead atoms. The van der Waals surface area contributed by atoms with Crippen LogP contribution in [0.1, 0.15) is 42.3 Å². The third-order valence-electron chi connectivity index (χ3n) is 6.80. The highest BCUT2D eigenvalue weighted by Gasteiger charge is 2.32. The number of hydrogen-bond acceptors (Lipinski definition) is 10. The van der Waals surface area contributed by atoms with Crippen LogP contribution in [0.5, 0.6) is 0 Å². The topological polar surface area (TPSA) is 144 Å². The molecule has 4 N–H and O–H groups in total. The van der Waals surface area contributed by atoms with Crippen molar-refractivity contribution >= 4 is 41.0 Å². The monoisotopic (exact) mass is 609 g/mol. The Bertz CT molecular complexity index is 1290. The minimum Gasteiger partial charge on any atom is -0.368 e. The van der Waals surface area contributed by atoms with Crippen molar-refractivity contribution in [2.24, 2.45) is 0 Å². The van der Waals surface area contributed by atoms with Crippen LogP contribution in [0, 0.1) is 11.3 Å². The van der Waals surface area contributed by atoms with E-state index in [1.807, 2.05) is 6.07 Å². The number of nitrogens with one attached hydrogen (secondary N) is 2. The van der Waals surface area contributed by atoms with Gasteiger partial charge in [0.2, 0.25) is 11.9 Å². The van der Waals surface area contributed by atoms with Crippen LogP contribution >= 0.6 is 11.8 Å². The standard InChI is InChI=1S/C26H34F3N9O2S.CH4/c1-16(37(3)21-20(15-30)24(41-4)35-25(31)34-21)22(39)33-19-13-17(12-18(14-19)26(27,28)29)23(40)32-6-5-7-38-10-8-36(2)9-11-38;/h12-14,16H,5-11H2,1-4H3,(H,32,40)(H,33,39)(H2,31,34,35);1H4/t16-;/m0./s1. The summed E-state index contributed by atoms with van der Waals surface area (Å²) in [6.45, 7) is 6.34. The molecule has 2 aromatic rings. The lowest BCUT2D eigenvalue weighted by molar-refractivity contribution is -0.137. The zero-order chi connectivity index (χ0) is 30.3. The summed E-state index contributed by atoms with van der Waals surface area (Å²) in [4.78, 5) is 39.9. The van der Waals surface area contributed by atoms with E-state index >= 15 is 0 Å². The number of nitrogens with two attached hydrogens (primary N) is 1. The summed E-state index contributed by atoms with van der Waals surface area (Å²) >= 11 is 1.18. The van der Waals surface area contributed by atoms with E-state index in [9.17, 15) is 28.0 Å². The van der Waals surface area contributed by atoms with Crippen molar-refractivity contribution in [2.75, 3.05) is 75.6 Å². The molecule has 1 aromatic carbocycles. The van der Waals surface area contributed by atoms with Crippen molar-refractivity contribution in [3.05, 3.63) is 34.9 Å². The predicted octanol–water partition coefficient (Wildman–Crippen LogP) is 3.14. The van der Waals surface area contributed by atoms with Gasteiger partial charge in [0.1, 0.15) is 22.7 Å². The Morgan fingerprint density at radius 3 is 2.48 bits per heavy atom.